The quantitative estimate of drug-likeness (QED) is 0.589. The molecule has 2 amide bonds. The molecule has 2 aromatic rings. The summed E-state index contributed by atoms with van der Waals surface area (Å²) in [5.41, 5.74) is 4.99. The Morgan fingerprint density at radius 3 is 2.78 bits per heavy atom. The van der Waals surface area contributed by atoms with Crippen molar-refractivity contribution in [3.05, 3.63) is 65.5 Å². The Hall–Kier alpha value is -3.62. The number of fused-ring (bicyclic) bond motifs is 3. The molecule has 8 nitrogen and oxygen atoms in total. The smallest absolute Gasteiger partial charge is 0.231 e. The maximum Gasteiger partial charge on any atom is 0.231 e. The molecule has 2 aromatic carbocycles. The Morgan fingerprint density at radius 1 is 1.17 bits per heavy atom. The molecule has 1 saturated carbocycles. The van der Waals surface area contributed by atoms with E-state index in [9.17, 15) is 14.0 Å². The molecule has 1 aliphatic carbocycles. The number of halogens is 1. The monoisotopic (exact) mass is 493 g/mol. The molecule has 0 aromatic heterocycles. The van der Waals surface area contributed by atoms with Gasteiger partial charge in [0, 0.05) is 32.0 Å². The molecule has 3 aliphatic rings. The molecule has 3 unspecified atom stereocenters. The molecule has 0 radical (unpaired) electrons. The summed E-state index contributed by atoms with van der Waals surface area (Å²) in [5.74, 6) is 1.23. The zero-order valence-corrected chi connectivity index (χ0v) is 20.5. The second-order valence-corrected chi connectivity index (χ2v) is 9.62. The molecule has 9 heteroatoms. The number of hydrazone groups is 1. The minimum atomic E-state index is -0.392. The van der Waals surface area contributed by atoms with Crippen LogP contribution in [0.1, 0.15) is 49.7 Å². The van der Waals surface area contributed by atoms with Gasteiger partial charge in [-0.05, 0) is 48.2 Å². The summed E-state index contributed by atoms with van der Waals surface area (Å²) >= 11 is 0. The number of hydrogen-bond acceptors (Lipinski definition) is 6. The molecule has 190 valence electrons. The van der Waals surface area contributed by atoms with E-state index in [4.69, 9.17) is 4.74 Å². The second-order valence-electron chi connectivity index (χ2n) is 9.62. The third-order valence-electron chi connectivity index (χ3n) is 7.32. The summed E-state index contributed by atoms with van der Waals surface area (Å²) in [6.07, 6.45) is 4.27. The van der Waals surface area contributed by atoms with E-state index >= 15 is 0 Å². The van der Waals surface area contributed by atoms with Crippen LogP contribution in [0.3, 0.4) is 0 Å². The molecule has 36 heavy (non-hydrogen) atoms. The molecule has 2 fully saturated rings. The minimum absolute atomic E-state index is 0.0552. The van der Waals surface area contributed by atoms with Crippen LogP contribution in [0.25, 0.3) is 0 Å². The van der Waals surface area contributed by atoms with Gasteiger partial charge in [0.15, 0.2) is 6.29 Å². The highest BCUT2D eigenvalue weighted by atomic mass is 19.1. The van der Waals surface area contributed by atoms with Crippen LogP contribution in [-0.4, -0.2) is 46.9 Å². The highest BCUT2D eigenvalue weighted by Crippen LogP contribution is 2.38. The molecule has 0 spiro atoms. The number of amidine groups is 1. The number of hydrogen-bond donors (Lipinski definition) is 2. The molecular weight excluding hydrogens is 461 g/mol. The number of nitrogens with one attached hydrogen (secondary N) is 2. The summed E-state index contributed by atoms with van der Waals surface area (Å²) in [4.78, 5) is 30.1. The number of rotatable bonds is 8. The van der Waals surface area contributed by atoms with Gasteiger partial charge in [0.2, 0.25) is 11.8 Å². The fourth-order valence-corrected chi connectivity index (χ4v) is 5.48. The lowest BCUT2D eigenvalue weighted by atomic mass is 9.80. The average Bonchev–Trinajstić information content (AvgIpc) is 3.34. The number of carbonyl (C=O) groups is 2. The Balaban J connectivity index is 1.24. The lowest BCUT2D eigenvalue weighted by Gasteiger charge is -2.50. The molecule has 2 N–H and O–H groups in total. The van der Waals surface area contributed by atoms with Gasteiger partial charge in [0.1, 0.15) is 17.4 Å². The van der Waals surface area contributed by atoms with Gasteiger partial charge in [-0.3, -0.25) is 19.9 Å². The van der Waals surface area contributed by atoms with E-state index < -0.39 is 6.29 Å². The Morgan fingerprint density at radius 2 is 1.97 bits per heavy atom. The van der Waals surface area contributed by atoms with Gasteiger partial charge >= 0.3 is 0 Å². The first-order chi connectivity index (χ1) is 17.5. The highest BCUT2D eigenvalue weighted by Gasteiger charge is 2.50. The largest absolute Gasteiger partial charge is 0.497 e. The van der Waals surface area contributed by atoms with Gasteiger partial charge in [-0.2, -0.15) is 5.10 Å². The fourth-order valence-electron chi connectivity index (χ4n) is 5.48. The number of benzene rings is 2. The Bertz CT molecular complexity index is 1140. The van der Waals surface area contributed by atoms with Gasteiger partial charge in [-0.1, -0.05) is 37.1 Å². The van der Waals surface area contributed by atoms with Gasteiger partial charge < -0.3 is 15.0 Å². The van der Waals surface area contributed by atoms with Crippen LogP contribution in [0.15, 0.2) is 53.6 Å². The topological polar surface area (TPSA) is 86.3 Å². The number of amides is 2. The lowest BCUT2D eigenvalue weighted by Crippen LogP contribution is -2.67. The minimum Gasteiger partial charge on any atom is -0.497 e. The third kappa shape index (κ3) is 5.01. The Kier molecular flexibility index (Phi) is 7.06. The van der Waals surface area contributed by atoms with Crippen molar-refractivity contribution in [1.29, 1.82) is 0 Å². The molecule has 1 saturated heterocycles. The van der Waals surface area contributed by atoms with Crippen molar-refractivity contribution in [1.82, 2.24) is 20.5 Å². The standard InChI is InChI=1S/C27H32FN5O3/c1-36-21-6-4-5-19(15-21)16-29-25(34)14-13-24-30-31-27-32(17-18-9-11-20(28)12-10-18)26(35)22-7-2-3-8-23(22)33(24)27/h4-6,9-12,15,22-23,27,31H,2-3,7-8,13-14,16-17H2,1H3,(H,29,34). The van der Waals surface area contributed by atoms with Crippen molar-refractivity contribution in [3.8, 4) is 5.75 Å². The molecule has 2 aliphatic heterocycles. The van der Waals surface area contributed by atoms with E-state index in [2.05, 4.69) is 20.7 Å². The molecule has 5 rings (SSSR count). The second kappa shape index (κ2) is 10.6. The zero-order valence-electron chi connectivity index (χ0n) is 20.5. The fraction of sp³-hybridized carbons (Fsp3) is 0.444. The summed E-state index contributed by atoms with van der Waals surface area (Å²) < 4.78 is 18.7. The van der Waals surface area contributed by atoms with E-state index in [1.807, 2.05) is 24.3 Å². The van der Waals surface area contributed by atoms with E-state index in [0.29, 0.717) is 25.9 Å². The lowest BCUT2D eigenvalue weighted by molar-refractivity contribution is -0.156. The third-order valence-corrected chi connectivity index (χ3v) is 7.32. The van der Waals surface area contributed by atoms with Gasteiger partial charge in [0.05, 0.1) is 13.0 Å². The zero-order chi connectivity index (χ0) is 25.1. The number of carbonyl (C=O) groups excluding carboxylic acids is 2. The number of methoxy groups -OCH3 is 1. The first-order valence-electron chi connectivity index (χ1n) is 12.6. The Labute approximate surface area is 210 Å². The van der Waals surface area contributed by atoms with E-state index in [-0.39, 0.29) is 29.6 Å². The van der Waals surface area contributed by atoms with Crippen molar-refractivity contribution in [2.24, 2.45) is 11.0 Å². The average molecular weight is 494 g/mol. The van der Waals surface area contributed by atoms with Gasteiger partial charge in [-0.15, -0.1) is 0 Å². The van der Waals surface area contributed by atoms with Crippen molar-refractivity contribution in [2.45, 2.75) is 63.9 Å². The molecule has 0 bridgehead atoms. The SMILES string of the molecule is COc1cccc(CNC(=O)CCC2=NNC3N(Cc4ccc(F)cc4)C(=O)C4CCCCC4N23)c1. The predicted octanol–water partition coefficient (Wildman–Crippen LogP) is 3.33. The van der Waals surface area contributed by atoms with Gasteiger partial charge in [0.25, 0.3) is 0 Å². The normalized spacial score (nSPS) is 22.9. The van der Waals surface area contributed by atoms with Crippen LogP contribution < -0.4 is 15.5 Å². The predicted molar refractivity (Wildman–Crippen MR) is 133 cm³/mol. The van der Waals surface area contributed by atoms with Crippen LogP contribution in [-0.2, 0) is 22.7 Å². The summed E-state index contributed by atoms with van der Waals surface area (Å²) in [5, 5.41) is 7.54. The summed E-state index contributed by atoms with van der Waals surface area (Å²) in [6.45, 7) is 0.804. The van der Waals surface area contributed by atoms with Crippen molar-refractivity contribution < 1.29 is 18.7 Å². The molecule has 2 heterocycles. The van der Waals surface area contributed by atoms with Crippen molar-refractivity contribution in [3.63, 3.8) is 0 Å². The van der Waals surface area contributed by atoms with Crippen LogP contribution in [0.2, 0.25) is 0 Å². The number of nitrogens with zero attached hydrogens (tertiary/aromatic N) is 3. The molecule has 3 atom stereocenters. The van der Waals surface area contributed by atoms with Crippen LogP contribution in [0.4, 0.5) is 4.39 Å². The maximum atomic E-state index is 13.5. The first kappa shape index (κ1) is 24.1. The molecular formula is C27H32FN5O3. The van der Waals surface area contributed by atoms with E-state index in [1.54, 1.807) is 24.1 Å². The maximum absolute atomic E-state index is 13.5. The number of ether oxygens (including phenoxy) is 1. The van der Waals surface area contributed by atoms with Crippen LogP contribution >= 0.6 is 0 Å². The summed E-state index contributed by atoms with van der Waals surface area (Å²) in [7, 11) is 1.62. The van der Waals surface area contributed by atoms with E-state index in [1.165, 1.54) is 12.1 Å². The van der Waals surface area contributed by atoms with Crippen LogP contribution in [0.5, 0.6) is 5.75 Å². The summed E-state index contributed by atoms with van der Waals surface area (Å²) in [6, 6.07) is 13.9. The van der Waals surface area contributed by atoms with Crippen LogP contribution in [0, 0.1) is 11.7 Å². The highest BCUT2D eigenvalue weighted by molar-refractivity contribution is 5.91. The van der Waals surface area contributed by atoms with Gasteiger partial charge in [-0.25, -0.2) is 4.39 Å². The first-order valence-corrected chi connectivity index (χ1v) is 12.6. The van der Waals surface area contributed by atoms with Crippen molar-refractivity contribution >= 4 is 17.6 Å². The van der Waals surface area contributed by atoms with Crippen molar-refractivity contribution in [2.75, 3.05) is 7.11 Å². The van der Waals surface area contributed by atoms with E-state index in [0.717, 1.165) is 48.4 Å².